The number of thiazole rings is 1. The normalized spacial score (nSPS) is 18.4. The average molecular weight is 593 g/mol. The van der Waals surface area contributed by atoms with Crippen LogP contribution in [0.5, 0.6) is 11.5 Å². The van der Waals surface area contributed by atoms with Crippen molar-refractivity contribution in [2.75, 3.05) is 71.0 Å². The number of aliphatic imine (C=N–C) groups is 1. The second kappa shape index (κ2) is 14.9. The van der Waals surface area contributed by atoms with Crippen LogP contribution in [0.25, 0.3) is 11.3 Å². The molecule has 0 spiro atoms. The zero-order valence-electron chi connectivity index (χ0n) is 25.3. The van der Waals surface area contributed by atoms with Gasteiger partial charge in [-0.05, 0) is 51.5 Å². The number of rotatable bonds is 10. The Morgan fingerprint density at radius 3 is 2.36 bits per heavy atom. The molecule has 10 heteroatoms. The maximum absolute atomic E-state index is 6.37. The molecule has 3 aromatic rings. The third-order valence-electron chi connectivity index (χ3n) is 7.44. The van der Waals surface area contributed by atoms with Gasteiger partial charge in [-0.15, -0.1) is 11.3 Å². The summed E-state index contributed by atoms with van der Waals surface area (Å²) in [6.07, 6.45) is 0. The summed E-state index contributed by atoms with van der Waals surface area (Å²) in [6.45, 7) is 17.3. The topological polar surface area (TPSA) is 83.5 Å². The van der Waals surface area contributed by atoms with Gasteiger partial charge in [0.25, 0.3) is 0 Å². The highest BCUT2D eigenvalue weighted by Crippen LogP contribution is 2.36. The number of para-hydroxylation sites is 1. The van der Waals surface area contributed by atoms with E-state index in [9.17, 15) is 0 Å². The fourth-order valence-electron chi connectivity index (χ4n) is 5.33. The molecule has 0 saturated carbocycles. The van der Waals surface area contributed by atoms with Crippen molar-refractivity contribution in [3.8, 4) is 22.8 Å². The molecule has 3 heterocycles. The van der Waals surface area contributed by atoms with Gasteiger partial charge >= 0.3 is 0 Å². The molecule has 226 valence electrons. The largest absolute Gasteiger partial charge is 0.456 e. The second-order valence-electron chi connectivity index (χ2n) is 11.2. The number of morpholine rings is 2. The third-order valence-corrected chi connectivity index (χ3v) is 8.20. The van der Waals surface area contributed by atoms with Crippen LogP contribution in [0.4, 0.5) is 5.13 Å². The summed E-state index contributed by atoms with van der Waals surface area (Å²) in [7, 11) is 0. The first-order chi connectivity index (χ1) is 20.4. The monoisotopic (exact) mass is 592 g/mol. The maximum Gasteiger partial charge on any atom is 0.198 e. The van der Waals surface area contributed by atoms with E-state index in [4.69, 9.17) is 24.2 Å². The van der Waals surface area contributed by atoms with Crippen LogP contribution in [0.2, 0.25) is 0 Å². The lowest BCUT2D eigenvalue weighted by atomic mass is 10.1. The summed E-state index contributed by atoms with van der Waals surface area (Å²) in [6, 6.07) is 14.6. The van der Waals surface area contributed by atoms with Crippen molar-refractivity contribution in [1.82, 2.24) is 20.1 Å². The van der Waals surface area contributed by atoms with Crippen molar-refractivity contribution in [2.24, 2.45) is 4.99 Å². The Balaban J connectivity index is 1.31. The molecule has 2 aliphatic heterocycles. The number of hydrogen-bond acceptors (Lipinski definition) is 8. The van der Waals surface area contributed by atoms with Gasteiger partial charge in [0, 0.05) is 56.3 Å². The smallest absolute Gasteiger partial charge is 0.198 e. The molecule has 0 amide bonds. The van der Waals surface area contributed by atoms with Gasteiger partial charge < -0.3 is 24.8 Å². The van der Waals surface area contributed by atoms with Crippen LogP contribution in [0.3, 0.4) is 0 Å². The molecule has 2 aliphatic rings. The Bertz CT molecular complexity index is 1320. The van der Waals surface area contributed by atoms with Crippen molar-refractivity contribution in [2.45, 2.75) is 39.8 Å². The highest BCUT2D eigenvalue weighted by molar-refractivity contribution is 7.14. The first kappa shape index (κ1) is 30.4. The summed E-state index contributed by atoms with van der Waals surface area (Å²) in [5.41, 5.74) is 4.14. The van der Waals surface area contributed by atoms with Gasteiger partial charge in [0.2, 0.25) is 0 Å². The Labute approximate surface area is 253 Å². The van der Waals surface area contributed by atoms with Crippen LogP contribution in [-0.4, -0.2) is 98.5 Å². The quantitative estimate of drug-likeness (QED) is 0.251. The van der Waals surface area contributed by atoms with E-state index in [-0.39, 0.29) is 12.1 Å². The van der Waals surface area contributed by atoms with Crippen LogP contribution in [0.15, 0.2) is 52.8 Å². The van der Waals surface area contributed by atoms with Crippen molar-refractivity contribution >= 4 is 22.4 Å². The predicted octanol–water partition coefficient (Wildman–Crippen LogP) is 5.02. The van der Waals surface area contributed by atoms with Crippen molar-refractivity contribution < 1.29 is 14.2 Å². The number of nitrogens with one attached hydrogen (secondary N) is 2. The summed E-state index contributed by atoms with van der Waals surface area (Å²) < 4.78 is 17.4. The number of hydrogen-bond donors (Lipinski definition) is 2. The van der Waals surface area contributed by atoms with Crippen LogP contribution in [0, 0.1) is 13.8 Å². The molecule has 42 heavy (non-hydrogen) atoms. The zero-order chi connectivity index (χ0) is 29.3. The fourth-order valence-corrected chi connectivity index (χ4v) is 6.04. The molecule has 2 saturated heterocycles. The van der Waals surface area contributed by atoms with Gasteiger partial charge in [-0.3, -0.25) is 9.80 Å². The molecule has 0 radical (unpaired) electrons. The Kier molecular flexibility index (Phi) is 10.8. The van der Waals surface area contributed by atoms with Gasteiger partial charge in [-0.25, -0.2) is 9.98 Å². The van der Waals surface area contributed by atoms with Crippen LogP contribution >= 0.6 is 11.3 Å². The van der Waals surface area contributed by atoms with Gasteiger partial charge in [0.1, 0.15) is 11.5 Å². The van der Waals surface area contributed by atoms with Crippen LogP contribution in [-0.2, 0) is 9.47 Å². The summed E-state index contributed by atoms with van der Waals surface area (Å²) >= 11 is 1.57. The molecule has 2 aromatic carbocycles. The highest BCUT2D eigenvalue weighted by Gasteiger charge is 2.19. The average Bonchev–Trinajstić information content (AvgIpc) is 3.44. The van der Waals surface area contributed by atoms with E-state index in [0.717, 1.165) is 105 Å². The minimum absolute atomic E-state index is 0.111. The van der Waals surface area contributed by atoms with Gasteiger partial charge in [-0.2, -0.15) is 0 Å². The van der Waals surface area contributed by atoms with Crippen molar-refractivity contribution in [3.63, 3.8) is 0 Å². The first-order valence-corrected chi connectivity index (χ1v) is 15.8. The number of nitrogens with zero attached hydrogens (tertiary/aromatic N) is 4. The Hall–Kier alpha value is -3.02. The van der Waals surface area contributed by atoms with E-state index >= 15 is 0 Å². The second-order valence-corrected chi connectivity index (χ2v) is 12.1. The summed E-state index contributed by atoms with van der Waals surface area (Å²) in [5, 5.41) is 10.0. The lowest BCUT2D eigenvalue weighted by Gasteiger charge is -2.30. The SMILES string of the molecule is Cc1ccc(Oc2ccccc2-c2csc(NC(=NC(C)CN3CCOCC3)NC(C)CN3CCOCC3)n2)c(C)c1. The zero-order valence-corrected chi connectivity index (χ0v) is 26.1. The van der Waals surface area contributed by atoms with Crippen molar-refractivity contribution in [1.29, 1.82) is 0 Å². The number of ether oxygens (including phenoxy) is 3. The molecular formula is C32H44N6O3S. The number of aromatic nitrogens is 1. The third kappa shape index (κ3) is 8.75. The Morgan fingerprint density at radius 2 is 1.64 bits per heavy atom. The van der Waals surface area contributed by atoms with Gasteiger partial charge in [0.05, 0.1) is 38.2 Å². The minimum Gasteiger partial charge on any atom is -0.456 e. The molecule has 0 aliphatic carbocycles. The lowest BCUT2D eigenvalue weighted by molar-refractivity contribution is 0.0351. The molecule has 2 N–H and O–H groups in total. The summed E-state index contributed by atoms with van der Waals surface area (Å²) in [5.74, 6) is 2.38. The molecule has 2 fully saturated rings. The maximum atomic E-state index is 6.37. The van der Waals surface area contributed by atoms with Gasteiger partial charge in [0.15, 0.2) is 11.1 Å². The molecular weight excluding hydrogens is 548 g/mol. The van der Waals surface area contributed by atoms with Gasteiger partial charge in [-0.1, -0.05) is 29.8 Å². The predicted molar refractivity (Wildman–Crippen MR) is 171 cm³/mol. The fraction of sp³-hybridized carbons (Fsp3) is 0.500. The van der Waals surface area contributed by atoms with E-state index in [1.54, 1.807) is 11.3 Å². The Morgan fingerprint density at radius 1 is 0.952 bits per heavy atom. The molecule has 2 atom stereocenters. The number of anilines is 1. The van der Waals surface area contributed by atoms with E-state index in [1.807, 2.05) is 24.3 Å². The standard InChI is InChI=1S/C32H44N6O3S/c1-23-9-10-29(24(2)19-23)41-30-8-6-5-7-27(30)28-22-42-32(35-28)36-31(33-25(3)20-37-11-15-39-16-12-37)34-26(4)21-38-13-17-40-18-14-38/h5-10,19,22,25-26H,11-18,20-21H2,1-4H3,(H2,33,34,35,36). The molecule has 1 aromatic heterocycles. The number of guanidine groups is 1. The molecule has 5 rings (SSSR count). The van der Waals surface area contributed by atoms with E-state index in [2.05, 4.69) is 71.7 Å². The lowest BCUT2D eigenvalue weighted by Crippen LogP contribution is -2.48. The van der Waals surface area contributed by atoms with Crippen LogP contribution < -0.4 is 15.4 Å². The minimum atomic E-state index is 0.111. The van der Waals surface area contributed by atoms with Crippen LogP contribution in [0.1, 0.15) is 25.0 Å². The number of aryl methyl sites for hydroxylation is 2. The molecule has 2 unspecified atom stereocenters. The number of benzene rings is 2. The summed E-state index contributed by atoms with van der Waals surface area (Å²) in [4.78, 5) is 14.9. The van der Waals surface area contributed by atoms with E-state index in [1.165, 1.54) is 5.56 Å². The molecule has 0 bridgehead atoms. The first-order valence-electron chi connectivity index (χ1n) is 14.9. The van der Waals surface area contributed by atoms with E-state index < -0.39 is 0 Å². The van der Waals surface area contributed by atoms with E-state index in [0.29, 0.717) is 0 Å². The molecule has 9 nitrogen and oxygen atoms in total. The van der Waals surface area contributed by atoms with Crippen molar-refractivity contribution in [3.05, 3.63) is 59.0 Å². The highest BCUT2D eigenvalue weighted by atomic mass is 32.1.